The zero-order valence-corrected chi connectivity index (χ0v) is 12.4. The molecule has 3 heteroatoms. The molecule has 0 amide bonds. The highest BCUT2D eigenvalue weighted by molar-refractivity contribution is 5.28. The van der Waals surface area contributed by atoms with E-state index in [4.69, 9.17) is 0 Å². The fourth-order valence-electron chi connectivity index (χ4n) is 2.60. The van der Waals surface area contributed by atoms with E-state index < -0.39 is 0 Å². The maximum atomic E-state index is 3.52. The van der Waals surface area contributed by atoms with Crippen LogP contribution in [0, 0.1) is 0 Å². The molecule has 0 saturated carbocycles. The second-order valence-electron chi connectivity index (χ2n) is 5.66. The van der Waals surface area contributed by atoms with Crippen molar-refractivity contribution >= 4 is 0 Å². The minimum absolute atomic E-state index is 1.08. The molecule has 1 aliphatic heterocycles. The van der Waals surface area contributed by atoms with Gasteiger partial charge in [-0.1, -0.05) is 24.3 Å². The molecule has 106 valence electrons. The first kappa shape index (κ1) is 14.5. The highest BCUT2D eigenvalue weighted by atomic mass is 15.1. The van der Waals surface area contributed by atoms with Gasteiger partial charge >= 0.3 is 0 Å². The van der Waals surface area contributed by atoms with E-state index in [1.54, 1.807) is 11.1 Å². The fraction of sp³-hybridized carbons (Fsp3) is 0.625. The van der Waals surface area contributed by atoms with Crippen LogP contribution in [0.2, 0.25) is 0 Å². The molecule has 1 N–H and O–H groups in total. The van der Waals surface area contributed by atoms with Crippen molar-refractivity contribution in [3.8, 4) is 0 Å². The Morgan fingerprint density at radius 1 is 1.05 bits per heavy atom. The monoisotopic (exact) mass is 261 g/mol. The Balaban J connectivity index is 1.67. The van der Waals surface area contributed by atoms with Crippen LogP contribution in [0.1, 0.15) is 11.1 Å². The zero-order valence-electron chi connectivity index (χ0n) is 12.4. The van der Waals surface area contributed by atoms with Gasteiger partial charge in [0.25, 0.3) is 0 Å². The standard InChI is InChI=1S/C16H27N3/c1-18(2)13-9-17-10-14-19-11-7-15-5-3-4-6-16(15)8-12-19/h3-6,17H,7-14H2,1-2H3. The molecule has 2 rings (SSSR count). The average molecular weight is 261 g/mol. The van der Waals surface area contributed by atoms with Gasteiger partial charge in [0, 0.05) is 39.3 Å². The lowest BCUT2D eigenvalue weighted by molar-refractivity contribution is 0.284. The first-order valence-corrected chi connectivity index (χ1v) is 7.40. The van der Waals surface area contributed by atoms with Gasteiger partial charge in [-0.05, 0) is 38.1 Å². The largest absolute Gasteiger partial charge is 0.314 e. The van der Waals surface area contributed by atoms with E-state index in [1.807, 2.05) is 0 Å². The van der Waals surface area contributed by atoms with E-state index >= 15 is 0 Å². The summed E-state index contributed by atoms with van der Waals surface area (Å²) in [5.74, 6) is 0. The molecule has 0 spiro atoms. The lowest BCUT2D eigenvalue weighted by Gasteiger charge is -2.20. The van der Waals surface area contributed by atoms with Gasteiger partial charge in [-0.3, -0.25) is 0 Å². The second-order valence-corrected chi connectivity index (χ2v) is 5.66. The summed E-state index contributed by atoms with van der Waals surface area (Å²) in [5, 5.41) is 3.52. The first-order valence-electron chi connectivity index (χ1n) is 7.40. The molecule has 0 saturated heterocycles. The number of nitrogens with zero attached hydrogens (tertiary/aromatic N) is 2. The number of likely N-dealkylation sites (N-methyl/N-ethyl adjacent to an activating group) is 1. The van der Waals surface area contributed by atoms with Gasteiger partial charge in [-0.2, -0.15) is 0 Å². The predicted molar refractivity (Wildman–Crippen MR) is 81.7 cm³/mol. The summed E-state index contributed by atoms with van der Waals surface area (Å²) in [6.45, 7) is 6.87. The van der Waals surface area contributed by atoms with E-state index in [2.05, 4.69) is 53.5 Å². The van der Waals surface area contributed by atoms with Crippen molar-refractivity contribution in [2.45, 2.75) is 12.8 Å². The molecule has 1 heterocycles. The van der Waals surface area contributed by atoms with Crippen LogP contribution in [0.4, 0.5) is 0 Å². The normalized spacial score (nSPS) is 16.4. The summed E-state index contributed by atoms with van der Waals surface area (Å²) in [4.78, 5) is 4.80. The summed E-state index contributed by atoms with van der Waals surface area (Å²) >= 11 is 0. The Morgan fingerprint density at radius 3 is 2.26 bits per heavy atom. The van der Waals surface area contributed by atoms with Crippen LogP contribution >= 0.6 is 0 Å². The van der Waals surface area contributed by atoms with Gasteiger partial charge in [0.2, 0.25) is 0 Å². The molecule has 0 atom stereocenters. The van der Waals surface area contributed by atoms with Gasteiger partial charge in [0.1, 0.15) is 0 Å². The molecule has 1 aliphatic rings. The van der Waals surface area contributed by atoms with E-state index in [1.165, 1.54) is 32.5 Å². The van der Waals surface area contributed by atoms with Crippen LogP contribution in [-0.2, 0) is 12.8 Å². The molecule has 0 fully saturated rings. The van der Waals surface area contributed by atoms with E-state index in [0.29, 0.717) is 0 Å². The van der Waals surface area contributed by atoms with Crippen LogP contribution < -0.4 is 5.32 Å². The van der Waals surface area contributed by atoms with Gasteiger partial charge in [-0.15, -0.1) is 0 Å². The molecule has 3 nitrogen and oxygen atoms in total. The first-order chi connectivity index (χ1) is 9.25. The van der Waals surface area contributed by atoms with Crippen molar-refractivity contribution in [1.29, 1.82) is 0 Å². The molecule has 1 aromatic rings. The predicted octanol–water partition coefficient (Wildman–Crippen LogP) is 1.24. The van der Waals surface area contributed by atoms with Gasteiger partial charge < -0.3 is 15.1 Å². The van der Waals surface area contributed by atoms with Crippen molar-refractivity contribution in [3.63, 3.8) is 0 Å². The Bertz CT molecular complexity index is 349. The van der Waals surface area contributed by atoms with Crippen LogP contribution in [0.3, 0.4) is 0 Å². The molecule has 0 bridgehead atoms. The molecule has 19 heavy (non-hydrogen) atoms. The third-order valence-corrected chi connectivity index (χ3v) is 3.85. The fourth-order valence-corrected chi connectivity index (χ4v) is 2.60. The molecule has 0 radical (unpaired) electrons. The van der Waals surface area contributed by atoms with Gasteiger partial charge in [0.15, 0.2) is 0 Å². The van der Waals surface area contributed by atoms with Crippen molar-refractivity contribution in [1.82, 2.24) is 15.1 Å². The second kappa shape index (κ2) is 7.63. The summed E-state index contributed by atoms with van der Waals surface area (Å²) in [7, 11) is 4.24. The molecule has 1 aromatic carbocycles. The van der Waals surface area contributed by atoms with Crippen molar-refractivity contribution in [2.24, 2.45) is 0 Å². The third-order valence-electron chi connectivity index (χ3n) is 3.85. The highest BCUT2D eigenvalue weighted by Gasteiger charge is 2.12. The van der Waals surface area contributed by atoms with E-state index in [-0.39, 0.29) is 0 Å². The van der Waals surface area contributed by atoms with Crippen molar-refractivity contribution in [2.75, 3.05) is 53.4 Å². The minimum atomic E-state index is 1.08. The molecular weight excluding hydrogens is 234 g/mol. The number of hydrogen-bond donors (Lipinski definition) is 1. The Morgan fingerprint density at radius 2 is 1.68 bits per heavy atom. The summed E-state index contributed by atoms with van der Waals surface area (Å²) in [5.41, 5.74) is 3.09. The Hall–Kier alpha value is -0.900. The zero-order chi connectivity index (χ0) is 13.5. The average Bonchev–Trinajstić information content (AvgIpc) is 2.61. The maximum absolute atomic E-state index is 3.52. The number of fused-ring (bicyclic) bond motifs is 1. The quantitative estimate of drug-likeness (QED) is 0.777. The van der Waals surface area contributed by atoms with Crippen molar-refractivity contribution in [3.05, 3.63) is 35.4 Å². The highest BCUT2D eigenvalue weighted by Crippen LogP contribution is 2.14. The van der Waals surface area contributed by atoms with Crippen LogP contribution in [-0.4, -0.2) is 63.2 Å². The van der Waals surface area contributed by atoms with Gasteiger partial charge in [0.05, 0.1) is 0 Å². The molecular formula is C16H27N3. The van der Waals surface area contributed by atoms with Crippen molar-refractivity contribution < 1.29 is 0 Å². The van der Waals surface area contributed by atoms with E-state index in [9.17, 15) is 0 Å². The molecule has 0 aromatic heterocycles. The lowest BCUT2D eigenvalue weighted by Crippen LogP contribution is -2.36. The number of benzene rings is 1. The third kappa shape index (κ3) is 4.94. The summed E-state index contributed by atoms with van der Waals surface area (Å²) in [6, 6.07) is 8.90. The van der Waals surface area contributed by atoms with Crippen LogP contribution in [0.25, 0.3) is 0 Å². The molecule has 0 aliphatic carbocycles. The lowest BCUT2D eigenvalue weighted by atomic mass is 10.0. The number of nitrogens with one attached hydrogen (secondary N) is 1. The minimum Gasteiger partial charge on any atom is -0.314 e. The molecule has 0 unspecified atom stereocenters. The Kier molecular flexibility index (Phi) is 5.83. The topological polar surface area (TPSA) is 18.5 Å². The number of hydrogen-bond acceptors (Lipinski definition) is 3. The maximum Gasteiger partial charge on any atom is 0.0107 e. The SMILES string of the molecule is CN(C)CCNCCN1CCc2ccccc2CC1. The Labute approximate surface area is 117 Å². The van der Waals surface area contributed by atoms with Crippen LogP contribution in [0.5, 0.6) is 0 Å². The van der Waals surface area contributed by atoms with Crippen LogP contribution in [0.15, 0.2) is 24.3 Å². The summed E-state index contributed by atoms with van der Waals surface area (Å²) < 4.78 is 0. The number of rotatable bonds is 6. The summed E-state index contributed by atoms with van der Waals surface area (Å²) in [6.07, 6.45) is 2.40. The smallest absolute Gasteiger partial charge is 0.0107 e. The van der Waals surface area contributed by atoms with E-state index in [0.717, 1.165) is 19.6 Å². The van der Waals surface area contributed by atoms with Gasteiger partial charge in [-0.25, -0.2) is 0 Å².